The molecule has 0 fully saturated rings. The molecule has 138 valence electrons. The van der Waals surface area contributed by atoms with Crippen LogP contribution in [-0.4, -0.2) is 10.8 Å². The second kappa shape index (κ2) is 7.02. The number of rotatable bonds is 4. The van der Waals surface area contributed by atoms with Crippen molar-refractivity contribution in [2.75, 3.05) is 0 Å². The van der Waals surface area contributed by atoms with Crippen LogP contribution in [0.2, 0.25) is 0 Å². The van der Waals surface area contributed by atoms with Crippen LogP contribution in [0.15, 0.2) is 59.7 Å². The number of nitrogens with zero attached hydrogens (tertiary/aromatic N) is 2. The summed E-state index contributed by atoms with van der Waals surface area (Å²) in [4.78, 5) is 10.3. The number of nitrogens with two attached hydrogens (primary N) is 2. The van der Waals surface area contributed by atoms with Gasteiger partial charge in [0.25, 0.3) is 5.82 Å². The highest BCUT2D eigenvalue weighted by Gasteiger charge is 2.42. The normalized spacial score (nSPS) is 12.8. The number of aromatic nitrogens is 2. The van der Waals surface area contributed by atoms with Crippen molar-refractivity contribution in [3.05, 3.63) is 77.8 Å². The molecule has 0 aliphatic heterocycles. The molecule has 1 heterocycles. The fraction of sp³-hybridized carbons (Fsp3) is 0.0556. The van der Waals surface area contributed by atoms with E-state index in [0.717, 1.165) is 42.6 Å². The summed E-state index contributed by atoms with van der Waals surface area (Å²) in [5.41, 5.74) is 10.4. The summed E-state index contributed by atoms with van der Waals surface area (Å²) in [7, 11) is 0. The number of alkyl halides is 2. The summed E-state index contributed by atoms with van der Waals surface area (Å²) in [6.45, 7) is 0. The first-order valence-corrected chi connectivity index (χ1v) is 7.70. The maximum Gasteiger partial charge on any atom is 0.359 e. The Hall–Kier alpha value is -3.49. The smallest absolute Gasteiger partial charge is 0.359 e. The van der Waals surface area contributed by atoms with Crippen LogP contribution in [0.4, 0.5) is 23.4 Å². The molecule has 1 aromatic heterocycles. The lowest BCUT2D eigenvalue weighted by Gasteiger charge is -2.13. The van der Waals surface area contributed by atoms with Crippen LogP contribution in [-0.2, 0) is 5.92 Å². The molecule has 0 radical (unpaired) electrons. The zero-order chi connectivity index (χ0) is 19.6. The zero-order valence-electron chi connectivity index (χ0n) is 13.8. The van der Waals surface area contributed by atoms with Gasteiger partial charge in [-0.05, 0) is 42.6 Å². The molecule has 0 aliphatic rings. The van der Waals surface area contributed by atoms with Gasteiger partial charge in [0.15, 0.2) is 5.52 Å². The third-order valence-electron chi connectivity index (χ3n) is 3.70. The van der Waals surface area contributed by atoms with E-state index in [1.54, 1.807) is 0 Å². The van der Waals surface area contributed by atoms with Crippen molar-refractivity contribution >= 4 is 22.6 Å². The van der Waals surface area contributed by atoms with E-state index < -0.39 is 28.9 Å². The van der Waals surface area contributed by atoms with Gasteiger partial charge in [-0.1, -0.05) is 4.99 Å². The minimum absolute atomic E-state index is 0.0474. The average molecular weight is 376 g/mol. The molecule has 0 unspecified atom stereocenters. The van der Waals surface area contributed by atoms with Gasteiger partial charge >= 0.3 is 11.7 Å². The molecule has 3 rings (SSSR count). The Balaban J connectivity index is 2.24. The first-order valence-electron chi connectivity index (χ1n) is 7.70. The van der Waals surface area contributed by atoms with Gasteiger partial charge in [-0.2, -0.15) is 8.78 Å². The van der Waals surface area contributed by atoms with Crippen molar-refractivity contribution in [3.63, 3.8) is 0 Å². The highest BCUT2D eigenvalue weighted by molar-refractivity contribution is 5.96. The number of hydrogen-bond acceptors (Lipinski definition) is 3. The maximum absolute atomic E-state index is 14.9. The number of hydrogen-bond donors (Lipinski definition) is 2. The van der Waals surface area contributed by atoms with Crippen LogP contribution in [0.25, 0.3) is 10.9 Å². The standard InChI is InChI=1S/C18H13F4N5/c19-11-3-1-10(2-4-11)18(21,22)17-25-14-9-12(20)5-6-13(14)16(27-17)26-15(24)7-8-23/h1-9H,23H2,(H2,24,25,26,27)/p+1/b8-7-. The monoisotopic (exact) mass is 376 g/mol. The van der Waals surface area contributed by atoms with E-state index in [2.05, 4.69) is 15.0 Å². The SMILES string of the molecule is N/C=C\C(N)=Nc1[nH+]c(C(F)(F)c2ccc(F)cc2)nc2cc(F)ccc12. The highest BCUT2D eigenvalue weighted by Crippen LogP contribution is 2.34. The van der Waals surface area contributed by atoms with Crippen molar-refractivity contribution in [1.29, 1.82) is 0 Å². The van der Waals surface area contributed by atoms with Crippen LogP contribution >= 0.6 is 0 Å². The summed E-state index contributed by atoms with van der Waals surface area (Å²) < 4.78 is 56.4. The predicted molar refractivity (Wildman–Crippen MR) is 92.3 cm³/mol. The lowest BCUT2D eigenvalue weighted by molar-refractivity contribution is -0.399. The van der Waals surface area contributed by atoms with Crippen LogP contribution < -0.4 is 16.5 Å². The number of benzene rings is 2. The molecule has 5 nitrogen and oxygen atoms in total. The van der Waals surface area contributed by atoms with Crippen LogP contribution in [0.5, 0.6) is 0 Å². The van der Waals surface area contributed by atoms with E-state index in [1.807, 2.05) is 0 Å². The molecule has 27 heavy (non-hydrogen) atoms. The Morgan fingerprint density at radius 1 is 1.07 bits per heavy atom. The van der Waals surface area contributed by atoms with Gasteiger partial charge in [0.05, 0.1) is 5.39 Å². The summed E-state index contributed by atoms with van der Waals surface area (Å²) in [6, 6.07) is 7.18. The molecule has 9 heteroatoms. The second-order valence-electron chi connectivity index (χ2n) is 5.57. The van der Waals surface area contributed by atoms with E-state index >= 15 is 0 Å². The number of fused-ring (bicyclic) bond motifs is 1. The molecule has 0 amide bonds. The van der Waals surface area contributed by atoms with E-state index in [9.17, 15) is 17.6 Å². The Bertz CT molecular complexity index is 1050. The summed E-state index contributed by atoms with van der Waals surface area (Å²) in [5, 5.41) is 0.281. The van der Waals surface area contributed by atoms with E-state index in [-0.39, 0.29) is 22.6 Å². The molecule has 0 saturated heterocycles. The molecule has 0 atom stereocenters. The molecule has 0 aliphatic carbocycles. The van der Waals surface area contributed by atoms with Crippen LogP contribution in [0.3, 0.4) is 0 Å². The number of aliphatic imine (C=N–C) groups is 1. The highest BCUT2D eigenvalue weighted by atomic mass is 19.3. The molecule has 0 saturated carbocycles. The Morgan fingerprint density at radius 2 is 1.74 bits per heavy atom. The van der Waals surface area contributed by atoms with Crippen molar-refractivity contribution < 1.29 is 22.5 Å². The largest absolute Gasteiger partial charge is 0.404 e. The Labute approximate surface area is 151 Å². The van der Waals surface area contributed by atoms with E-state index in [0.29, 0.717) is 0 Å². The molecule has 0 bridgehead atoms. The summed E-state index contributed by atoms with van der Waals surface area (Å²) >= 11 is 0. The topological polar surface area (TPSA) is 91.4 Å². The fourth-order valence-electron chi connectivity index (χ4n) is 2.42. The quantitative estimate of drug-likeness (QED) is 0.417. The molecule has 5 N–H and O–H groups in total. The van der Waals surface area contributed by atoms with Crippen molar-refractivity contribution in [2.45, 2.75) is 5.92 Å². The number of aromatic amines is 1. The molecule has 2 aromatic carbocycles. The minimum atomic E-state index is -3.61. The first-order chi connectivity index (χ1) is 12.8. The summed E-state index contributed by atoms with van der Waals surface area (Å²) in [5.74, 6) is -5.82. The average Bonchev–Trinajstić information content (AvgIpc) is 2.61. The lowest BCUT2D eigenvalue weighted by Crippen LogP contribution is -2.29. The van der Waals surface area contributed by atoms with Gasteiger partial charge in [-0.25, -0.2) is 13.8 Å². The lowest BCUT2D eigenvalue weighted by atomic mass is 10.1. The van der Waals surface area contributed by atoms with Gasteiger partial charge in [-0.15, -0.1) is 4.98 Å². The van der Waals surface area contributed by atoms with E-state index in [4.69, 9.17) is 11.5 Å². The van der Waals surface area contributed by atoms with E-state index in [1.165, 1.54) is 12.1 Å². The molecular weight excluding hydrogens is 362 g/mol. The van der Waals surface area contributed by atoms with Gasteiger partial charge in [0, 0.05) is 17.7 Å². The second-order valence-corrected chi connectivity index (χ2v) is 5.57. The van der Waals surface area contributed by atoms with Gasteiger partial charge in [0.1, 0.15) is 11.6 Å². The van der Waals surface area contributed by atoms with Gasteiger partial charge in [-0.3, -0.25) is 0 Å². The first kappa shape index (κ1) is 18.3. The number of halogens is 4. The Morgan fingerprint density at radius 3 is 2.41 bits per heavy atom. The van der Waals surface area contributed by atoms with Crippen molar-refractivity contribution in [3.8, 4) is 0 Å². The third-order valence-corrected chi connectivity index (χ3v) is 3.70. The van der Waals surface area contributed by atoms with Crippen molar-refractivity contribution in [2.24, 2.45) is 16.5 Å². The number of nitrogens with one attached hydrogen (secondary N) is 1. The summed E-state index contributed by atoms with van der Waals surface area (Å²) in [6.07, 6.45) is 2.40. The third kappa shape index (κ3) is 3.71. The molecular formula is C18H14F4N5+. The van der Waals surface area contributed by atoms with Crippen LogP contribution in [0.1, 0.15) is 11.4 Å². The van der Waals surface area contributed by atoms with Gasteiger partial charge in [0.2, 0.25) is 5.84 Å². The minimum Gasteiger partial charge on any atom is -0.404 e. The van der Waals surface area contributed by atoms with Crippen molar-refractivity contribution in [1.82, 2.24) is 4.98 Å². The predicted octanol–water partition coefficient (Wildman–Crippen LogP) is 2.93. The zero-order valence-corrected chi connectivity index (χ0v) is 13.8. The van der Waals surface area contributed by atoms with Gasteiger partial charge < -0.3 is 11.5 Å². The maximum atomic E-state index is 14.9. The number of H-pyrrole nitrogens is 1. The molecule has 0 spiro atoms. The number of amidine groups is 1. The van der Waals surface area contributed by atoms with Crippen LogP contribution in [0, 0.1) is 11.6 Å². The molecule has 3 aromatic rings. The Kier molecular flexibility index (Phi) is 4.76. The fourth-order valence-corrected chi connectivity index (χ4v) is 2.42.